The van der Waals surface area contributed by atoms with Gasteiger partial charge < -0.3 is 16.4 Å². The summed E-state index contributed by atoms with van der Waals surface area (Å²) in [6.07, 6.45) is 2.98. The Bertz CT molecular complexity index is 690. The summed E-state index contributed by atoms with van der Waals surface area (Å²) in [4.78, 5) is 35.8. The molecule has 6 nitrogen and oxygen atoms in total. The largest absolute Gasteiger partial charge is 0.368 e. The molecule has 0 aliphatic carbocycles. The number of amides is 3. The summed E-state index contributed by atoms with van der Waals surface area (Å²) in [6, 6.07) is 6.83. The molecule has 3 amide bonds. The van der Waals surface area contributed by atoms with E-state index in [0.717, 1.165) is 5.56 Å². The zero-order chi connectivity index (χ0) is 20.0. The summed E-state index contributed by atoms with van der Waals surface area (Å²) >= 11 is 5.94. The van der Waals surface area contributed by atoms with E-state index in [-0.39, 0.29) is 24.2 Å². The van der Waals surface area contributed by atoms with E-state index < -0.39 is 17.5 Å². The van der Waals surface area contributed by atoms with Crippen LogP contribution in [0.4, 0.5) is 0 Å². The average Bonchev–Trinajstić information content (AvgIpc) is 2.95. The van der Waals surface area contributed by atoms with E-state index in [1.54, 1.807) is 0 Å². The first-order valence-corrected chi connectivity index (χ1v) is 9.71. The molecule has 2 rings (SSSR count). The first-order valence-electron chi connectivity index (χ1n) is 9.33. The Morgan fingerprint density at radius 1 is 1.30 bits per heavy atom. The number of nitrogens with one attached hydrogen (secondary N) is 2. The molecule has 0 spiro atoms. The van der Waals surface area contributed by atoms with Gasteiger partial charge in [0.1, 0.15) is 6.04 Å². The molecule has 2 atom stereocenters. The number of carbonyl (C=O) groups is 3. The first kappa shape index (κ1) is 21.2. The number of primary amides is 1. The van der Waals surface area contributed by atoms with Gasteiger partial charge in [-0.15, -0.1) is 0 Å². The maximum atomic E-state index is 12.4. The second kappa shape index (κ2) is 9.22. The minimum Gasteiger partial charge on any atom is -0.368 e. The summed E-state index contributed by atoms with van der Waals surface area (Å²) in [5, 5.41) is 6.44. The molecule has 1 aromatic rings. The van der Waals surface area contributed by atoms with Gasteiger partial charge in [0, 0.05) is 23.4 Å². The Morgan fingerprint density at radius 2 is 1.96 bits per heavy atom. The maximum Gasteiger partial charge on any atom is 0.240 e. The molecule has 27 heavy (non-hydrogen) atoms. The molecule has 1 heterocycles. The van der Waals surface area contributed by atoms with Crippen molar-refractivity contribution in [2.45, 2.75) is 64.0 Å². The fourth-order valence-corrected chi connectivity index (χ4v) is 3.64. The third-order valence-corrected chi connectivity index (χ3v) is 5.16. The molecule has 7 heteroatoms. The third-order valence-electron chi connectivity index (χ3n) is 4.91. The molecule has 1 aliphatic heterocycles. The highest BCUT2D eigenvalue weighted by molar-refractivity contribution is 6.30. The normalized spacial score (nSPS) is 20.4. The van der Waals surface area contributed by atoms with Crippen LogP contribution in [0.15, 0.2) is 24.3 Å². The van der Waals surface area contributed by atoms with Crippen molar-refractivity contribution in [1.82, 2.24) is 10.6 Å². The van der Waals surface area contributed by atoms with Crippen molar-refractivity contribution >= 4 is 29.3 Å². The molecule has 1 saturated heterocycles. The molecule has 1 aromatic carbocycles. The van der Waals surface area contributed by atoms with Gasteiger partial charge in [-0.05, 0) is 49.3 Å². The number of benzene rings is 1. The third kappa shape index (κ3) is 6.54. The van der Waals surface area contributed by atoms with Crippen LogP contribution in [0.2, 0.25) is 5.02 Å². The molecule has 1 fully saturated rings. The lowest BCUT2D eigenvalue weighted by Gasteiger charge is -2.29. The Morgan fingerprint density at radius 3 is 2.48 bits per heavy atom. The molecule has 0 saturated carbocycles. The molecule has 0 bridgehead atoms. The molecule has 0 radical (unpaired) electrons. The Hall–Kier alpha value is -2.08. The number of hydrogen-bond donors (Lipinski definition) is 3. The minimum absolute atomic E-state index is 0.000748. The minimum atomic E-state index is -0.664. The van der Waals surface area contributed by atoms with E-state index in [0.29, 0.717) is 37.1 Å². The van der Waals surface area contributed by atoms with E-state index in [4.69, 9.17) is 17.3 Å². The van der Waals surface area contributed by atoms with Gasteiger partial charge in [0.2, 0.25) is 17.7 Å². The van der Waals surface area contributed by atoms with Crippen LogP contribution in [-0.4, -0.2) is 29.3 Å². The smallest absolute Gasteiger partial charge is 0.240 e. The highest BCUT2D eigenvalue weighted by Crippen LogP contribution is 2.30. The van der Waals surface area contributed by atoms with Crippen LogP contribution >= 0.6 is 11.6 Å². The standard InChI is InChI=1S/C20H28ClN3O3/c1-13(2)11-16(19(22)27)23-17(25)7-9-20(10-8-18(26)24-20)12-14-3-5-15(21)6-4-14/h3-6,13,16H,7-12H2,1-2H3,(H2,22,27)(H,23,25)(H,24,26)/t16-,20-/m0/s1. The predicted octanol–water partition coefficient (Wildman–Crippen LogP) is 2.33. The summed E-state index contributed by atoms with van der Waals surface area (Å²) in [7, 11) is 0. The van der Waals surface area contributed by atoms with Crippen LogP contribution in [0.5, 0.6) is 0 Å². The van der Waals surface area contributed by atoms with Crippen molar-refractivity contribution in [3.8, 4) is 0 Å². The van der Waals surface area contributed by atoms with Crippen molar-refractivity contribution in [3.05, 3.63) is 34.9 Å². The van der Waals surface area contributed by atoms with Crippen molar-refractivity contribution in [2.24, 2.45) is 11.7 Å². The van der Waals surface area contributed by atoms with Crippen molar-refractivity contribution in [3.63, 3.8) is 0 Å². The van der Waals surface area contributed by atoms with E-state index in [1.807, 2.05) is 38.1 Å². The van der Waals surface area contributed by atoms with Crippen LogP contribution in [0, 0.1) is 5.92 Å². The molecular formula is C20H28ClN3O3. The SMILES string of the molecule is CC(C)C[C@H](NC(=O)CC[C@@]1(Cc2ccc(Cl)cc2)CCC(=O)N1)C(N)=O. The van der Waals surface area contributed by atoms with Crippen LogP contribution < -0.4 is 16.4 Å². The average molecular weight is 394 g/mol. The van der Waals surface area contributed by atoms with Gasteiger partial charge in [-0.3, -0.25) is 14.4 Å². The topological polar surface area (TPSA) is 101 Å². The van der Waals surface area contributed by atoms with Gasteiger partial charge in [0.05, 0.1) is 0 Å². The summed E-state index contributed by atoms with van der Waals surface area (Å²) in [6.45, 7) is 3.94. The van der Waals surface area contributed by atoms with Crippen LogP contribution in [0.1, 0.15) is 51.5 Å². The number of rotatable bonds is 9. The molecule has 1 aliphatic rings. The highest BCUT2D eigenvalue weighted by atomic mass is 35.5. The zero-order valence-corrected chi connectivity index (χ0v) is 16.6. The van der Waals surface area contributed by atoms with Crippen molar-refractivity contribution in [1.29, 1.82) is 0 Å². The zero-order valence-electron chi connectivity index (χ0n) is 15.9. The lowest BCUT2D eigenvalue weighted by molar-refractivity contribution is -0.128. The Kier molecular flexibility index (Phi) is 7.25. The number of halogens is 1. The van der Waals surface area contributed by atoms with E-state index in [2.05, 4.69) is 10.6 Å². The molecular weight excluding hydrogens is 366 g/mol. The van der Waals surface area contributed by atoms with E-state index in [1.165, 1.54) is 0 Å². The van der Waals surface area contributed by atoms with Crippen LogP contribution in [0.25, 0.3) is 0 Å². The lowest BCUT2D eigenvalue weighted by atomic mass is 9.85. The summed E-state index contributed by atoms with van der Waals surface area (Å²) in [5.41, 5.74) is 5.99. The number of carbonyl (C=O) groups excluding carboxylic acids is 3. The van der Waals surface area contributed by atoms with Gasteiger partial charge in [0.15, 0.2) is 0 Å². The van der Waals surface area contributed by atoms with Crippen molar-refractivity contribution in [2.75, 3.05) is 0 Å². The fourth-order valence-electron chi connectivity index (χ4n) is 3.51. The van der Waals surface area contributed by atoms with Crippen LogP contribution in [0.3, 0.4) is 0 Å². The summed E-state index contributed by atoms with van der Waals surface area (Å²) < 4.78 is 0. The van der Waals surface area contributed by atoms with Crippen LogP contribution in [-0.2, 0) is 20.8 Å². The monoisotopic (exact) mass is 393 g/mol. The molecule has 148 valence electrons. The molecule has 4 N–H and O–H groups in total. The highest BCUT2D eigenvalue weighted by Gasteiger charge is 2.38. The molecule has 0 aromatic heterocycles. The molecule has 0 unspecified atom stereocenters. The Labute approximate surface area is 165 Å². The maximum absolute atomic E-state index is 12.4. The Balaban J connectivity index is 1.99. The van der Waals surface area contributed by atoms with E-state index in [9.17, 15) is 14.4 Å². The van der Waals surface area contributed by atoms with Gasteiger partial charge in [0.25, 0.3) is 0 Å². The second-order valence-electron chi connectivity index (χ2n) is 7.78. The van der Waals surface area contributed by atoms with Gasteiger partial charge in [-0.2, -0.15) is 0 Å². The lowest BCUT2D eigenvalue weighted by Crippen LogP contribution is -2.47. The fraction of sp³-hybridized carbons (Fsp3) is 0.550. The van der Waals surface area contributed by atoms with Gasteiger partial charge >= 0.3 is 0 Å². The van der Waals surface area contributed by atoms with E-state index >= 15 is 0 Å². The number of hydrogen-bond acceptors (Lipinski definition) is 3. The second-order valence-corrected chi connectivity index (χ2v) is 8.22. The summed E-state index contributed by atoms with van der Waals surface area (Å²) in [5.74, 6) is -0.509. The number of nitrogens with two attached hydrogens (primary N) is 1. The predicted molar refractivity (Wildman–Crippen MR) is 105 cm³/mol. The quantitative estimate of drug-likeness (QED) is 0.600. The van der Waals surface area contributed by atoms with Crippen molar-refractivity contribution < 1.29 is 14.4 Å². The first-order chi connectivity index (χ1) is 12.7. The van der Waals surface area contributed by atoms with Gasteiger partial charge in [-0.25, -0.2) is 0 Å². The van der Waals surface area contributed by atoms with Gasteiger partial charge in [-0.1, -0.05) is 37.6 Å².